The summed E-state index contributed by atoms with van der Waals surface area (Å²) in [6, 6.07) is 4.53. The highest BCUT2D eigenvalue weighted by Crippen LogP contribution is 2.20. The number of anilines is 1. The van der Waals surface area contributed by atoms with Crippen molar-refractivity contribution in [3.05, 3.63) is 29.6 Å². The summed E-state index contributed by atoms with van der Waals surface area (Å²) in [4.78, 5) is 2.05. The SMILES string of the molecule is CCCCN(C)c1ccc(F)cc1CO. The highest BCUT2D eigenvalue weighted by atomic mass is 19.1. The van der Waals surface area contributed by atoms with Gasteiger partial charge in [-0.05, 0) is 24.6 Å². The number of hydrogen-bond acceptors (Lipinski definition) is 2. The van der Waals surface area contributed by atoms with Crippen molar-refractivity contribution in [3.63, 3.8) is 0 Å². The van der Waals surface area contributed by atoms with Crippen molar-refractivity contribution >= 4 is 5.69 Å². The molecule has 0 unspecified atom stereocenters. The molecule has 0 saturated heterocycles. The van der Waals surface area contributed by atoms with Gasteiger partial charge in [-0.25, -0.2) is 4.39 Å². The molecule has 3 heteroatoms. The van der Waals surface area contributed by atoms with Gasteiger partial charge in [0.05, 0.1) is 6.61 Å². The van der Waals surface area contributed by atoms with Gasteiger partial charge in [0, 0.05) is 24.8 Å². The zero-order chi connectivity index (χ0) is 11.3. The first-order chi connectivity index (χ1) is 7.19. The zero-order valence-corrected chi connectivity index (χ0v) is 9.33. The van der Waals surface area contributed by atoms with Crippen LogP contribution in [0.4, 0.5) is 10.1 Å². The minimum absolute atomic E-state index is 0.121. The Labute approximate surface area is 90.3 Å². The Morgan fingerprint density at radius 3 is 2.73 bits per heavy atom. The van der Waals surface area contributed by atoms with Gasteiger partial charge < -0.3 is 10.0 Å². The Balaban J connectivity index is 2.82. The highest BCUT2D eigenvalue weighted by molar-refractivity contribution is 5.52. The second-order valence-corrected chi connectivity index (χ2v) is 3.71. The molecule has 1 aromatic rings. The monoisotopic (exact) mass is 211 g/mol. The molecule has 1 rings (SSSR count). The Bertz CT molecular complexity index is 314. The molecule has 0 aromatic heterocycles. The molecule has 0 fully saturated rings. The van der Waals surface area contributed by atoms with Gasteiger partial charge in [0.25, 0.3) is 0 Å². The molecule has 15 heavy (non-hydrogen) atoms. The molecule has 0 spiro atoms. The van der Waals surface area contributed by atoms with E-state index in [1.54, 1.807) is 6.07 Å². The van der Waals surface area contributed by atoms with Crippen LogP contribution in [0, 0.1) is 5.82 Å². The van der Waals surface area contributed by atoms with Crippen LogP contribution >= 0.6 is 0 Å². The molecule has 0 saturated carbocycles. The van der Waals surface area contributed by atoms with Gasteiger partial charge in [-0.15, -0.1) is 0 Å². The Hall–Kier alpha value is -1.09. The van der Waals surface area contributed by atoms with E-state index >= 15 is 0 Å². The molecule has 0 aliphatic heterocycles. The number of halogens is 1. The van der Waals surface area contributed by atoms with Gasteiger partial charge in [0.2, 0.25) is 0 Å². The molecule has 84 valence electrons. The van der Waals surface area contributed by atoms with Crippen molar-refractivity contribution in [1.29, 1.82) is 0 Å². The summed E-state index contributed by atoms with van der Waals surface area (Å²) in [6.07, 6.45) is 2.22. The smallest absolute Gasteiger partial charge is 0.123 e. The lowest BCUT2D eigenvalue weighted by atomic mass is 10.1. The fourth-order valence-electron chi connectivity index (χ4n) is 1.57. The van der Waals surface area contributed by atoms with E-state index in [-0.39, 0.29) is 12.4 Å². The van der Waals surface area contributed by atoms with Crippen LogP contribution in [0.3, 0.4) is 0 Å². The molecule has 2 nitrogen and oxygen atoms in total. The summed E-state index contributed by atoms with van der Waals surface area (Å²) in [7, 11) is 1.96. The summed E-state index contributed by atoms with van der Waals surface area (Å²) in [5.74, 6) is -0.299. The first-order valence-electron chi connectivity index (χ1n) is 5.29. The van der Waals surface area contributed by atoms with Gasteiger partial charge in [0.15, 0.2) is 0 Å². The summed E-state index contributed by atoms with van der Waals surface area (Å²) < 4.78 is 12.9. The molecule has 0 atom stereocenters. The number of aliphatic hydroxyl groups is 1. The lowest BCUT2D eigenvalue weighted by Gasteiger charge is -2.21. The number of hydrogen-bond donors (Lipinski definition) is 1. The van der Waals surface area contributed by atoms with Crippen LogP contribution in [0.5, 0.6) is 0 Å². The van der Waals surface area contributed by atoms with Crippen LogP contribution in [-0.4, -0.2) is 18.7 Å². The predicted molar refractivity (Wildman–Crippen MR) is 60.5 cm³/mol. The van der Waals surface area contributed by atoms with Crippen LogP contribution in [0.25, 0.3) is 0 Å². The van der Waals surface area contributed by atoms with Crippen LogP contribution in [0.15, 0.2) is 18.2 Å². The number of benzene rings is 1. The van der Waals surface area contributed by atoms with Gasteiger partial charge in [-0.1, -0.05) is 13.3 Å². The molecule has 1 aromatic carbocycles. The molecule has 0 bridgehead atoms. The maximum atomic E-state index is 12.9. The van der Waals surface area contributed by atoms with Gasteiger partial charge in [0.1, 0.15) is 5.82 Å². The van der Waals surface area contributed by atoms with E-state index in [1.807, 2.05) is 7.05 Å². The molecule has 0 heterocycles. The third-order valence-electron chi connectivity index (χ3n) is 2.47. The molecule has 0 aliphatic carbocycles. The van der Waals surface area contributed by atoms with E-state index in [0.29, 0.717) is 5.56 Å². The second kappa shape index (κ2) is 5.71. The van der Waals surface area contributed by atoms with E-state index in [4.69, 9.17) is 5.11 Å². The number of nitrogens with zero attached hydrogens (tertiary/aromatic N) is 1. The predicted octanol–water partition coefficient (Wildman–Crippen LogP) is 2.55. The van der Waals surface area contributed by atoms with Crippen LogP contribution < -0.4 is 4.90 Å². The average molecular weight is 211 g/mol. The minimum atomic E-state index is -0.299. The van der Waals surface area contributed by atoms with Crippen LogP contribution in [0.2, 0.25) is 0 Å². The third-order valence-corrected chi connectivity index (χ3v) is 2.47. The lowest BCUT2D eigenvalue weighted by Crippen LogP contribution is -2.19. The summed E-state index contributed by atoms with van der Waals surface area (Å²) in [5, 5.41) is 9.12. The quantitative estimate of drug-likeness (QED) is 0.809. The average Bonchev–Trinajstić information content (AvgIpc) is 2.25. The largest absolute Gasteiger partial charge is 0.392 e. The third kappa shape index (κ3) is 3.20. The molecular formula is C12H18FNO. The number of unbranched alkanes of at least 4 members (excludes halogenated alkanes) is 1. The van der Waals surface area contributed by atoms with Crippen molar-refractivity contribution in [1.82, 2.24) is 0 Å². The zero-order valence-electron chi connectivity index (χ0n) is 9.33. The molecule has 0 radical (unpaired) electrons. The normalized spacial score (nSPS) is 10.4. The van der Waals surface area contributed by atoms with Crippen LogP contribution in [0.1, 0.15) is 25.3 Å². The van der Waals surface area contributed by atoms with Crippen molar-refractivity contribution in [2.24, 2.45) is 0 Å². The van der Waals surface area contributed by atoms with Crippen LogP contribution in [-0.2, 0) is 6.61 Å². The van der Waals surface area contributed by atoms with Crippen molar-refractivity contribution in [2.45, 2.75) is 26.4 Å². The summed E-state index contributed by atoms with van der Waals surface area (Å²) in [6.45, 7) is 2.93. The molecular weight excluding hydrogens is 193 g/mol. The van der Waals surface area contributed by atoms with Crippen molar-refractivity contribution < 1.29 is 9.50 Å². The van der Waals surface area contributed by atoms with Crippen molar-refractivity contribution in [2.75, 3.05) is 18.5 Å². The molecule has 0 amide bonds. The maximum Gasteiger partial charge on any atom is 0.123 e. The van der Waals surface area contributed by atoms with E-state index in [9.17, 15) is 4.39 Å². The van der Waals surface area contributed by atoms with Gasteiger partial charge in [-0.3, -0.25) is 0 Å². The van der Waals surface area contributed by atoms with E-state index in [1.165, 1.54) is 12.1 Å². The summed E-state index contributed by atoms with van der Waals surface area (Å²) >= 11 is 0. The fraction of sp³-hybridized carbons (Fsp3) is 0.500. The second-order valence-electron chi connectivity index (χ2n) is 3.71. The van der Waals surface area contributed by atoms with E-state index in [0.717, 1.165) is 25.1 Å². The number of rotatable bonds is 5. The Morgan fingerprint density at radius 1 is 1.40 bits per heavy atom. The fourth-order valence-corrected chi connectivity index (χ4v) is 1.57. The van der Waals surface area contributed by atoms with E-state index < -0.39 is 0 Å². The number of aliphatic hydroxyl groups excluding tert-OH is 1. The van der Waals surface area contributed by atoms with Gasteiger partial charge in [-0.2, -0.15) is 0 Å². The molecule has 1 N–H and O–H groups in total. The van der Waals surface area contributed by atoms with E-state index in [2.05, 4.69) is 11.8 Å². The summed E-state index contributed by atoms with van der Waals surface area (Å²) in [5.41, 5.74) is 1.56. The first-order valence-corrected chi connectivity index (χ1v) is 5.29. The maximum absolute atomic E-state index is 12.9. The highest BCUT2D eigenvalue weighted by Gasteiger charge is 2.07. The first kappa shape index (κ1) is 12.0. The van der Waals surface area contributed by atoms with Crippen molar-refractivity contribution in [3.8, 4) is 0 Å². The van der Waals surface area contributed by atoms with Gasteiger partial charge >= 0.3 is 0 Å². The topological polar surface area (TPSA) is 23.5 Å². The lowest BCUT2D eigenvalue weighted by molar-refractivity contribution is 0.281. The Morgan fingerprint density at radius 2 is 2.13 bits per heavy atom. The minimum Gasteiger partial charge on any atom is -0.392 e. The Kier molecular flexibility index (Phi) is 4.56. The standard InChI is InChI=1S/C12H18FNO/c1-3-4-7-14(2)12-6-5-11(13)8-10(12)9-15/h5-6,8,15H,3-4,7,9H2,1-2H3. The molecule has 0 aliphatic rings.